The van der Waals surface area contributed by atoms with E-state index in [4.69, 9.17) is 4.74 Å². The molecular weight excluding hydrogens is 526 g/mol. The molecule has 0 aliphatic carbocycles. The number of ether oxygens (including phenoxy) is 1. The highest BCUT2D eigenvalue weighted by Crippen LogP contribution is 2.41. The van der Waals surface area contributed by atoms with Crippen LogP contribution in [0.1, 0.15) is 11.1 Å². The highest BCUT2D eigenvalue weighted by molar-refractivity contribution is 7.93. The van der Waals surface area contributed by atoms with Crippen LogP contribution in [0.5, 0.6) is 0 Å². The normalized spacial score (nSPS) is 18.0. The van der Waals surface area contributed by atoms with Crippen molar-refractivity contribution in [2.75, 3.05) is 29.5 Å². The van der Waals surface area contributed by atoms with Gasteiger partial charge in [-0.1, -0.05) is 72.8 Å². The second-order valence-electron chi connectivity index (χ2n) is 9.97. The second kappa shape index (κ2) is 10.4. The van der Waals surface area contributed by atoms with E-state index in [1.165, 1.54) is 9.21 Å². The number of rotatable bonds is 7. The second-order valence-corrected chi connectivity index (χ2v) is 11.8. The van der Waals surface area contributed by atoms with Crippen LogP contribution in [-0.2, 0) is 37.2 Å². The Kier molecular flexibility index (Phi) is 6.77. The van der Waals surface area contributed by atoms with Gasteiger partial charge in [0.25, 0.3) is 15.9 Å². The molecule has 4 aromatic rings. The number of amides is 2. The van der Waals surface area contributed by atoms with Crippen molar-refractivity contribution < 1.29 is 22.7 Å². The van der Waals surface area contributed by atoms with Gasteiger partial charge in [-0.3, -0.25) is 18.8 Å². The molecule has 204 valence electrons. The first-order chi connectivity index (χ1) is 19.4. The van der Waals surface area contributed by atoms with Crippen molar-refractivity contribution in [1.82, 2.24) is 5.32 Å². The number of carbonyl (C=O) groups is 2. The summed E-state index contributed by atoms with van der Waals surface area (Å²) in [4.78, 5) is 29.4. The largest absolute Gasteiger partial charge is 0.383 e. The number of nitrogens with one attached hydrogen (secondary N) is 1. The van der Waals surface area contributed by atoms with Crippen LogP contribution in [0.25, 0.3) is 10.8 Å². The molecule has 2 aliphatic rings. The number of sulfonamides is 1. The lowest BCUT2D eigenvalue weighted by molar-refractivity contribution is -0.126. The number of hydrogen-bond acceptors (Lipinski definition) is 5. The summed E-state index contributed by atoms with van der Waals surface area (Å²) < 4.78 is 35.2. The minimum atomic E-state index is -4.17. The molecule has 6 rings (SSSR count). The summed E-state index contributed by atoms with van der Waals surface area (Å²) in [6, 6.07) is 25.2. The van der Waals surface area contributed by atoms with Crippen molar-refractivity contribution in [3.8, 4) is 0 Å². The van der Waals surface area contributed by atoms with E-state index in [0.29, 0.717) is 36.3 Å². The van der Waals surface area contributed by atoms with Crippen molar-refractivity contribution in [2.24, 2.45) is 0 Å². The Morgan fingerprint density at radius 2 is 1.45 bits per heavy atom. The van der Waals surface area contributed by atoms with Gasteiger partial charge in [-0.2, -0.15) is 0 Å². The summed E-state index contributed by atoms with van der Waals surface area (Å²) in [5.41, 5.74) is 2.72. The molecule has 2 unspecified atom stereocenters. The summed E-state index contributed by atoms with van der Waals surface area (Å²) in [5.74, 6) is -0.738. The summed E-state index contributed by atoms with van der Waals surface area (Å²) in [5, 5.41) is 4.23. The van der Waals surface area contributed by atoms with Crippen molar-refractivity contribution in [2.45, 2.75) is 29.8 Å². The maximum atomic E-state index is 14.5. The molecule has 2 amide bonds. The van der Waals surface area contributed by atoms with Gasteiger partial charge in [0.05, 0.1) is 17.2 Å². The fourth-order valence-corrected chi connectivity index (χ4v) is 7.65. The predicted molar refractivity (Wildman–Crippen MR) is 154 cm³/mol. The molecule has 2 atom stereocenters. The van der Waals surface area contributed by atoms with E-state index >= 15 is 0 Å². The summed E-state index contributed by atoms with van der Waals surface area (Å²) in [7, 11) is -2.61. The molecule has 0 saturated heterocycles. The summed E-state index contributed by atoms with van der Waals surface area (Å²) in [6.07, 6.45) is 0.548. The molecule has 0 radical (unpaired) electrons. The van der Waals surface area contributed by atoms with Crippen LogP contribution in [0.15, 0.2) is 95.9 Å². The number of para-hydroxylation sites is 2. The average Bonchev–Trinajstić information content (AvgIpc) is 3.56. The predicted octanol–water partition coefficient (Wildman–Crippen LogP) is 3.68. The maximum Gasteiger partial charge on any atom is 0.265 e. The van der Waals surface area contributed by atoms with Crippen LogP contribution in [0.4, 0.5) is 11.4 Å². The number of carbonyl (C=O) groups excluding carboxylic acids is 2. The molecule has 0 bridgehead atoms. The zero-order valence-corrected chi connectivity index (χ0v) is 22.8. The average molecular weight is 556 g/mol. The van der Waals surface area contributed by atoms with Crippen LogP contribution >= 0.6 is 0 Å². The third-order valence-electron chi connectivity index (χ3n) is 7.62. The third-order valence-corrected chi connectivity index (χ3v) is 9.50. The SMILES string of the molecule is COCCNC(=O)C1Cc2ccccc2N1C(=O)C1Cc2ccccc2N1S(=O)(=O)c1cccc2ccccc12. The molecule has 1 N–H and O–H groups in total. The Balaban J connectivity index is 1.44. The first-order valence-corrected chi connectivity index (χ1v) is 14.6. The number of fused-ring (bicyclic) bond motifs is 3. The van der Waals surface area contributed by atoms with E-state index < -0.39 is 28.0 Å². The maximum absolute atomic E-state index is 14.5. The lowest BCUT2D eigenvalue weighted by atomic mass is 10.1. The van der Waals surface area contributed by atoms with E-state index in [2.05, 4.69) is 5.32 Å². The quantitative estimate of drug-likeness (QED) is 0.351. The Morgan fingerprint density at radius 1 is 0.825 bits per heavy atom. The van der Waals surface area contributed by atoms with E-state index in [-0.39, 0.29) is 17.2 Å². The highest BCUT2D eigenvalue weighted by Gasteiger charge is 2.48. The van der Waals surface area contributed by atoms with Gasteiger partial charge in [-0.15, -0.1) is 0 Å². The lowest BCUT2D eigenvalue weighted by Gasteiger charge is -2.32. The molecule has 9 heteroatoms. The lowest BCUT2D eigenvalue weighted by Crippen LogP contribution is -2.55. The van der Waals surface area contributed by atoms with Gasteiger partial charge in [0.1, 0.15) is 12.1 Å². The molecule has 40 heavy (non-hydrogen) atoms. The molecule has 8 nitrogen and oxygen atoms in total. The number of hydrogen-bond donors (Lipinski definition) is 1. The van der Waals surface area contributed by atoms with E-state index in [1.54, 1.807) is 49.6 Å². The van der Waals surface area contributed by atoms with Crippen molar-refractivity contribution in [3.05, 3.63) is 102 Å². The number of anilines is 2. The standard InChI is InChI=1S/C31H29N3O5S/c1-39-18-17-32-30(35)27-19-22-10-3-6-14-25(22)33(27)31(36)28-20-23-11-4-7-15-26(23)34(28)40(37,38)29-16-8-12-21-9-2-5-13-24(21)29/h2-16,27-28H,17-20H2,1H3,(H,32,35). The van der Waals surface area contributed by atoms with Crippen molar-refractivity contribution >= 4 is 44.0 Å². The topological polar surface area (TPSA) is 96.0 Å². The van der Waals surface area contributed by atoms with E-state index in [0.717, 1.165) is 16.5 Å². The summed E-state index contributed by atoms with van der Waals surface area (Å²) >= 11 is 0. The molecule has 2 aliphatic heterocycles. The Bertz CT molecular complexity index is 1720. The zero-order valence-electron chi connectivity index (χ0n) is 22.0. The van der Waals surface area contributed by atoms with Crippen LogP contribution in [0.2, 0.25) is 0 Å². The zero-order chi connectivity index (χ0) is 27.9. The Morgan fingerprint density at radius 3 is 2.23 bits per heavy atom. The van der Waals surface area contributed by atoms with Gasteiger partial charge in [-0.05, 0) is 34.7 Å². The fourth-order valence-electron chi connectivity index (χ4n) is 5.79. The van der Waals surface area contributed by atoms with Gasteiger partial charge < -0.3 is 10.1 Å². The fraction of sp³-hybridized carbons (Fsp3) is 0.226. The van der Waals surface area contributed by atoms with Gasteiger partial charge in [0, 0.05) is 37.6 Å². The van der Waals surface area contributed by atoms with E-state index in [1.807, 2.05) is 48.5 Å². The van der Waals surface area contributed by atoms with Crippen LogP contribution in [0.3, 0.4) is 0 Å². The van der Waals surface area contributed by atoms with Gasteiger partial charge >= 0.3 is 0 Å². The Labute approximate surface area is 233 Å². The summed E-state index contributed by atoms with van der Waals surface area (Å²) in [6.45, 7) is 0.648. The molecule has 0 aromatic heterocycles. The minimum Gasteiger partial charge on any atom is -0.383 e. The first-order valence-electron chi connectivity index (χ1n) is 13.2. The molecule has 0 fully saturated rings. The van der Waals surface area contributed by atoms with E-state index in [9.17, 15) is 18.0 Å². The Hall–Kier alpha value is -4.21. The van der Waals surface area contributed by atoms with Gasteiger partial charge in [-0.25, -0.2) is 8.42 Å². The molecular formula is C31H29N3O5S. The van der Waals surface area contributed by atoms with Crippen molar-refractivity contribution in [1.29, 1.82) is 0 Å². The first kappa shape index (κ1) is 26.0. The van der Waals surface area contributed by atoms with Crippen molar-refractivity contribution in [3.63, 3.8) is 0 Å². The monoisotopic (exact) mass is 555 g/mol. The number of methoxy groups -OCH3 is 1. The number of nitrogens with zero attached hydrogens (tertiary/aromatic N) is 2. The molecule has 2 heterocycles. The van der Waals surface area contributed by atoms with Crippen LogP contribution in [0, 0.1) is 0 Å². The minimum absolute atomic E-state index is 0.135. The highest BCUT2D eigenvalue weighted by atomic mass is 32.2. The van der Waals surface area contributed by atoms with Crippen LogP contribution < -0.4 is 14.5 Å². The molecule has 4 aromatic carbocycles. The molecule has 0 saturated carbocycles. The van der Waals surface area contributed by atoms with Gasteiger partial charge in [0.15, 0.2) is 0 Å². The third kappa shape index (κ3) is 4.31. The molecule has 0 spiro atoms. The van der Waals surface area contributed by atoms with Gasteiger partial charge in [0.2, 0.25) is 5.91 Å². The van der Waals surface area contributed by atoms with Crippen LogP contribution in [-0.4, -0.2) is 52.6 Å². The number of benzene rings is 4. The smallest absolute Gasteiger partial charge is 0.265 e.